The van der Waals surface area contributed by atoms with Crippen LogP contribution < -0.4 is 10.1 Å². The zero-order chi connectivity index (χ0) is 21.3. The van der Waals surface area contributed by atoms with Gasteiger partial charge >= 0.3 is 0 Å². The van der Waals surface area contributed by atoms with Gasteiger partial charge < -0.3 is 15.0 Å². The fraction of sp³-hybridized carbons (Fsp3) is 0.550. The van der Waals surface area contributed by atoms with Crippen molar-refractivity contribution in [2.75, 3.05) is 18.4 Å². The molecule has 1 fully saturated rings. The summed E-state index contributed by atoms with van der Waals surface area (Å²) >= 11 is 0. The third-order valence-corrected chi connectivity index (χ3v) is 5.81. The number of benzene rings is 1. The predicted octanol–water partition coefficient (Wildman–Crippen LogP) is 3.11. The van der Waals surface area contributed by atoms with Crippen molar-refractivity contribution < 1.29 is 22.7 Å². The Kier molecular flexibility index (Phi) is 5.83. The summed E-state index contributed by atoms with van der Waals surface area (Å²) in [5.74, 6) is -0.416. The minimum Gasteiger partial charge on any atom is -0.478 e. The molecule has 0 radical (unpaired) electrons. The number of nitrogens with one attached hydrogen (secondary N) is 1. The summed E-state index contributed by atoms with van der Waals surface area (Å²) in [4.78, 5) is 18.6. The number of para-hydroxylation sites is 1. The van der Waals surface area contributed by atoms with Crippen molar-refractivity contribution in [1.82, 2.24) is 19.7 Å². The molecule has 0 saturated carbocycles. The highest BCUT2D eigenvalue weighted by Crippen LogP contribution is 2.35. The lowest BCUT2D eigenvalue weighted by Gasteiger charge is -2.41. The van der Waals surface area contributed by atoms with Gasteiger partial charge in [0.1, 0.15) is 12.4 Å². The Morgan fingerprint density at radius 2 is 2.13 bits per heavy atom. The molecule has 4 rings (SSSR count). The van der Waals surface area contributed by atoms with E-state index >= 15 is 0 Å². The second-order valence-corrected chi connectivity index (χ2v) is 7.79. The maximum atomic E-state index is 13.8. The molecule has 7 nitrogen and oxygen atoms in total. The molecule has 1 N–H and O–H groups in total. The summed E-state index contributed by atoms with van der Waals surface area (Å²) in [6.07, 6.45) is -0.357. The van der Waals surface area contributed by atoms with Crippen LogP contribution in [0.4, 0.5) is 19.1 Å². The van der Waals surface area contributed by atoms with Crippen LogP contribution in [0.5, 0.6) is 5.75 Å². The van der Waals surface area contributed by atoms with Gasteiger partial charge in [-0.2, -0.15) is 10.1 Å². The molecule has 10 heteroatoms. The number of piperidine rings is 1. The zero-order valence-corrected chi connectivity index (χ0v) is 16.5. The summed E-state index contributed by atoms with van der Waals surface area (Å²) < 4.78 is 47.7. The fourth-order valence-electron chi connectivity index (χ4n) is 4.28. The second kappa shape index (κ2) is 8.53. The molecule has 1 aromatic heterocycles. The van der Waals surface area contributed by atoms with E-state index in [1.165, 1.54) is 23.1 Å². The van der Waals surface area contributed by atoms with Crippen LogP contribution in [0.1, 0.15) is 32.2 Å². The molecule has 2 aliphatic heterocycles. The van der Waals surface area contributed by atoms with Crippen LogP contribution in [0, 0.1) is 11.7 Å². The van der Waals surface area contributed by atoms with Gasteiger partial charge in [-0.3, -0.25) is 4.79 Å². The lowest BCUT2D eigenvalue weighted by molar-refractivity contribution is -0.140. The van der Waals surface area contributed by atoms with Gasteiger partial charge in [0.2, 0.25) is 5.95 Å². The van der Waals surface area contributed by atoms with Gasteiger partial charge in [0.05, 0.1) is 0 Å². The van der Waals surface area contributed by atoms with Crippen LogP contribution in [-0.2, 0) is 4.79 Å². The minimum absolute atomic E-state index is 0.00457. The van der Waals surface area contributed by atoms with Crippen molar-refractivity contribution in [1.29, 1.82) is 0 Å². The Morgan fingerprint density at radius 1 is 1.33 bits per heavy atom. The Hall–Kier alpha value is -2.78. The van der Waals surface area contributed by atoms with E-state index in [9.17, 15) is 18.0 Å². The SMILES string of the molecule is C[C@@H](Oc1ccccc1F)C(=O)N1CCC[C@H]([C@@H]2C[C@H](C(F)F)n3ncnc3N2)C1. The van der Waals surface area contributed by atoms with Crippen LogP contribution in [0.3, 0.4) is 0 Å². The molecule has 1 amide bonds. The van der Waals surface area contributed by atoms with E-state index in [-0.39, 0.29) is 30.0 Å². The Bertz CT molecular complexity index is 893. The topological polar surface area (TPSA) is 72.3 Å². The first-order chi connectivity index (χ1) is 14.4. The third-order valence-electron chi connectivity index (χ3n) is 5.81. The smallest absolute Gasteiger partial charge is 0.263 e. The molecule has 30 heavy (non-hydrogen) atoms. The number of ether oxygens (including phenoxy) is 1. The summed E-state index contributed by atoms with van der Waals surface area (Å²) in [5, 5.41) is 7.11. The van der Waals surface area contributed by atoms with E-state index in [0.717, 1.165) is 12.8 Å². The average Bonchev–Trinajstić information content (AvgIpc) is 3.22. The number of likely N-dealkylation sites (tertiary alicyclic amines) is 1. The number of anilines is 1. The van der Waals surface area contributed by atoms with Gasteiger partial charge in [0.15, 0.2) is 17.7 Å². The van der Waals surface area contributed by atoms with Crippen LogP contribution in [-0.4, -0.2) is 57.2 Å². The second-order valence-electron chi connectivity index (χ2n) is 7.79. The van der Waals surface area contributed by atoms with Crippen molar-refractivity contribution in [3.05, 3.63) is 36.4 Å². The predicted molar refractivity (Wildman–Crippen MR) is 103 cm³/mol. The summed E-state index contributed by atoms with van der Waals surface area (Å²) in [7, 11) is 0. The summed E-state index contributed by atoms with van der Waals surface area (Å²) in [6.45, 7) is 2.57. The fourth-order valence-corrected chi connectivity index (χ4v) is 4.28. The first kappa shape index (κ1) is 20.5. The molecule has 0 bridgehead atoms. The Labute approximate surface area is 172 Å². The van der Waals surface area contributed by atoms with E-state index < -0.39 is 24.4 Å². The van der Waals surface area contributed by atoms with Gasteiger partial charge in [-0.15, -0.1) is 0 Å². The minimum atomic E-state index is -2.55. The molecule has 162 valence electrons. The molecule has 0 aliphatic carbocycles. The maximum Gasteiger partial charge on any atom is 0.263 e. The number of nitrogens with zero attached hydrogens (tertiary/aromatic N) is 4. The molecular weight excluding hydrogens is 399 g/mol. The number of alkyl halides is 2. The quantitative estimate of drug-likeness (QED) is 0.800. The lowest BCUT2D eigenvalue weighted by Crippen LogP contribution is -2.50. The third kappa shape index (κ3) is 4.08. The zero-order valence-electron chi connectivity index (χ0n) is 16.5. The molecule has 2 aliphatic rings. The number of hydrogen-bond donors (Lipinski definition) is 1. The molecule has 0 unspecified atom stereocenters. The van der Waals surface area contributed by atoms with E-state index in [1.54, 1.807) is 24.0 Å². The maximum absolute atomic E-state index is 13.8. The molecule has 3 heterocycles. The number of fused-ring (bicyclic) bond motifs is 1. The number of halogens is 3. The van der Waals surface area contributed by atoms with Gasteiger partial charge in [-0.1, -0.05) is 12.1 Å². The van der Waals surface area contributed by atoms with Crippen molar-refractivity contribution in [2.24, 2.45) is 5.92 Å². The Morgan fingerprint density at radius 3 is 2.90 bits per heavy atom. The normalized spacial score (nSPS) is 24.8. The van der Waals surface area contributed by atoms with Gasteiger partial charge in [-0.05, 0) is 44.2 Å². The molecular formula is C20H24F3N5O2. The van der Waals surface area contributed by atoms with Crippen LogP contribution in [0.2, 0.25) is 0 Å². The monoisotopic (exact) mass is 423 g/mol. The van der Waals surface area contributed by atoms with Gasteiger partial charge in [0, 0.05) is 19.1 Å². The van der Waals surface area contributed by atoms with E-state index in [2.05, 4.69) is 15.4 Å². The lowest BCUT2D eigenvalue weighted by atomic mass is 9.86. The largest absolute Gasteiger partial charge is 0.478 e. The number of hydrogen-bond acceptors (Lipinski definition) is 5. The number of aromatic nitrogens is 3. The van der Waals surface area contributed by atoms with Crippen LogP contribution >= 0.6 is 0 Å². The average molecular weight is 423 g/mol. The van der Waals surface area contributed by atoms with E-state index in [4.69, 9.17) is 4.74 Å². The number of amides is 1. The van der Waals surface area contributed by atoms with Gasteiger partial charge in [0.25, 0.3) is 12.3 Å². The molecule has 0 spiro atoms. The van der Waals surface area contributed by atoms with Crippen molar-refractivity contribution >= 4 is 11.9 Å². The number of carbonyl (C=O) groups is 1. The van der Waals surface area contributed by atoms with E-state index in [0.29, 0.717) is 19.0 Å². The van der Waals surface area contributed by atoms with Crippen LogP contribution in [0.15, 0.2) is 30.6 Å². The highest BCUT2D eigenvalue weighted by Gasteiger charge is 2.39. The summed E-state index contributed by atoms with van der Waals surface area (Å²) in [5.41, 5.74) is 0. The van der Waals surface area contributed by atoms with Crippen molar-refractivity contribution in [3.8, 4) is 5.75 Å². The van der Waals surface area contributed by atoms with Crippen molar-refractivity contribution in [2.45, 2.75) is 50.8 Å². The molecule has 1 saturated heterocycles. The van der Waals surface area contributed by atoms with Crippen molar-refractivity contribution in [3.63, 3.8) is 0 Å². The van der Waals surface area contributed by atoms with E-state index in [1.807, 2.05) is 0 Å². The highest BCUT2D eigenvalue weighted by atomic mass is 19.3. The standard InChI is InChI=1S/C20H24F3N5O2/c1-12(30-17-7-3-2-6-14(17)21)19(29)27-8-4-5-13(10-27)15-9-16(18(22)23)28-20(26-15)24-11-25-28/h2-3,6-7,11-13,15-16,18H,4-5,8-10H2,1H3,(H,24,25,26)/t12-,13+,15+,16-/m1/s1. The van der Waals surface area contributed by atoms with Crippen LogP contribution in [0.25, 0.3) is 0 Å². The highest BCUT2D eigenvalue weighted by molar-refractivity contribution is 5.81. The number of rotatable bonds is 5. The molecule has 4 atom stereocenters. The number of carbonyl (C=O) groups excluding carboxylic acids is 1. The first-order valence-electron chi connectivity index (χ1n) is 10.1. The summed E-state index contributed by atoms with van der Waals surface area (Å²) in [6, 6.07) is 4.66. The molecule has 1 aromatic carbocycles. The molecule has 2 aromatic rings. The first-order valence-corrected chi connectivity index (χ1v) is 10.1. The Balaban J connectivity index is 1.42. The van der Waals surface area contributed by atoms with Gasteiger partial charge in [-0.25, -0.2) is 17.9 Å².